The van der Waals surface area contributed by atoms with Gasteiger partial charge in [-0.15, -0.1) is 0 Å². The van der Waals surface area contributed by atoms with Crippen molar-refractivity contribution in [3.63, 3.8) is 0 Å². The Morgan fingerprint density at radius 1 is 1.20 bits per heavy atom. The van der Waals surface area contributed by atoms with Gasteiger partial charge in [-0.25, -0.2) is 4.79 Å². The van der Waals surface area contributed by atoms with Gasteiger partial charge < -0.3 is 14.7 Å². The minimum absolute atomic E-state index is 0.257. The number of carboxylic acids is 1. The van der Waals surface area contributed by atoms with Gasteiger partial charge in [-0.1, -0.05) is 6.92 Å². The van der Waals surface area contributed by atoms with Gasteiger partial charge in [0.15, 0.2) is 0 Å². The Bertz CT molecular complexity index is 746. The number of hydrogen-bond acceptors (Lipinski definition) is 4. The summed E-state index contributed by atoms with van der Waals surface area (Å²) in [6.07, 6.45) is 4.57. The third-order valence-corrected chi connectivity index (χ3v) is 4.38. The number of aliphatic carboxylic acids is 1. The van der Waals surface area contributed by atoms with E-state index in [1.54, 1.807) is 48.8 Å². The first-order chi connectivity index (χ1) is 12.0. The molecule has 0 aliphatic carbocycles. The topological polar surface area (TPSA) is 79.7 Å². The highest BCUT2D eigenvalue weighted by atomic mass is 16.5. The molecule has 1 aliphatic rings. The van der Waals surface area contributed by atoms with Gasteiger partial charge in [-0.2, -0.15) is 0 Å². The Labute approximate surface area is 146 Å². The fourth-order valence-electron chi connectivity index (χ4n) is 2.99. The molecule has 0 spiro atoms. The van der Waals surface area contributed by atoms with Crippen LogP contribution in [0.3, 0.4) is 0 Å². The Morgan fingerprint density at radius 2 is 1.96 bits per heavy atom. The number of likely N-dealkylation sites (tertiary alicyclic amines) is 1. The van der Waals surface area contributed by atoms with Gasteiger partial charge >= 0.3 is 5.97 Å². The Balaban J connectivity index is 1.73. The second kappa shape index (κ2) is 7.34. The van der Waals surface area contributed by atoms with Crippen LogP contribution in [0.25, 0.3) is 0 Å². The van der Waals surface area contributed by atoms with Crippen molar-refractivity contribution in [3.05, 3.63) is 54.4 Å². The smallest absolute Gasteiger partial charge is 0.326 e. The van der Waals surface area contributed by atoms with Crippen molar-refractivity contribution in [1.29, 1.82) is 0 Å². The molecule has 1 fully saturated rings. The number of nitrogens with zero attached hydrogens (tertiary/aromatic N) is 2. The van der Waals surface area contributed by atoms with Crippen LogP contribution in [0.15, 0.2) is 48.8 Å². The largest absolute Gasteiger partial charge is 0.480 e. The molecule has 1 amide bonds. The summed E-state index contributed by atoms with van der Waals surface area (Å²) in [5.41, 5.74) is 0.458. The van der Waals surface area contributed by atoms with E-state index in [0.717, 1.165) is 6.42 Å². The molecule has 3 rings (SSSR count). The Kier molecular flexibility index (Phi) is 4.97. The number of carbonyl (C=O) groups is 2. The zero-order chi connectivity index (χ0) is 17.8. The summed E-state index contributed by atoms with van der Waals surface area (Å²) >= 11 is 0. The molecule has 0 bridgehead atoms. The molecule has 2 aromatic rings. The number of carbonyl (C=O) groups excluding carboxylic acids is 1. The molecule has 1 aliphatic heterocycles. The number of ether oxygens (including phenoxy) is 1. The number of benzene rings is 1. The third kappa shape index (κ3) is 3.96. The first-order valence-corrected chi connectivity index (χ1v) is 8.26. The molecule has 0 saturated carbocycles. The average Bonchev–Trinajstić information content (AvgIpc) is 2.62. The van der Waals surface area contributed by atoms with E-state index in [0.29, 0.717) is 35.9 Å². The number of rotatable bonds is 4. The number of carboxylic acid groups (broad SMARTS) is 1. The van der Waals surface area contributed by atoms with Crippen molar-refractivity contribution >= 4 is 11.9 Å². The summed E-state index contributed by atoms with van der Waals surface area (Å²) in [6, 6.07) is 9.51. The van der Waals surface area contributed by atoms with Crippen molar-refractivity contribution in [2.24, 2.45) is 5.92 Å². The number of aromatic nitrogens is 1. The van der Waals surface area contributed by atoms with E-state index in [1.807, 2.05) is 6.92 Å². The van der Waals surface area contributed by atoms with E-state index >= 15 is 0 Å². The molecular weight excluding hydrogens is 320 g/mol. The zero-order valence-corrected chi connectivity index (χ0v) is 14.0. The molecule has 130 valence electrons. The standard InChI is InChI=1S/C19H20N2O4/c1-13-8-10-21(17(11-13)19(23)24)18(22)14-4-6-15(7-5-14)25-16-3-2-9-20-12-16/h2-7,9,12-13,17H,8,10-11H2,1H3,(H,23,24). The highest BCUT2D eigenvalue weighted by Crippen LogP contribution is 2.26. The van der Waals surface area contributed by atoms with Crippen LogP contribution in [-0.2, 0) is 4.79 Å². The highest BCUT2D eigenvalue weighted by molar-refractivity contribution is 5.96. The lowest BCUT2D eigenvalue weighted by Gasteiger charge is -2.36. The molecule has 2 atom stereocenters. The van der Waals surface area contributed by atoms with Gasteiger partial charge in [0.2, 0.25) is 0 Å². The lowest BCUT2D eigenvalue weighted by atomic mass is 9.92. The fraction of sp³-hybridized carbons (Fsp3) is 0.316. The molecule has 6 heteroatoms. The molecule has 2 unspecified atom stereocenters. The SMILES string of the molecule is CC1CCN(C(=O)c2ccc(Oc3cccnc3)cc2)C(C(=O)O)C1. The first kappa shape index (κ1) is 17.0. The van der Waals surface area contributed by atoms with E-state index in [-0.39, 0.29) is 5.91 Å². The van der Waals surface area contributed by atoms with Crippen LogP contribution in [0.2, 0.25) is 0 Å². The summed E-state index contributed by atoms with van der Waals surface area (Å²) < 4.78 is 5.65. The van der Waals surface area contributed by atoms with Crippen LogP contribution in [0.5, 0.6) is 11.5 Å². The predicted octanol–water partition coefficient (Wildman–Crippen LogP) is 3.20. The van der Waals surface area contributed by atoms with Gasteiger partial charge in [0, 0.05) is 18.3 Å². The van der Waals surface area contributed by atoms with Crippen molar-refractivity contribution in [2.45, 2.75) is 25.8 Å². The second-order valence-corrected chi connectivity index (χ2v) is 6.30. The van der Waals surface area contributed by atoms with E-state index in [2.05, 4.69) is 4.98 Å². The summed E-state index contributed by atoms with van der Waals surface area (Å²) in [5.74, 6) is 0.299. The highest BCUT2D eigenvalue weighted by Gasteiger charge is 2.35. The summed E-state index contributed by atoms with van der Waals surface area (Å²) in [7, 11) is 0. The number of piperidine rings is 1. The molecule has 2 heterocycles. The first-order valence-electron chi connectivity index (χ1n) is 8.26. The van der Waals surface area contributed by atoms with E-state index in [9.17, 15) is 14.7 Å². The minimum Gasteiger partial charge on any atom is -0.480 e. The van der Waals surface area contributed by atoms with Gasteiger partial charge in [0.1, 0.15) is 17.5 Å². The molecule has 1 aromatic heterocycles. The maximum absolute atomic E-state index is 12.7. The predicted molar refractivity (Wildman–Crippen MR) is 91.6 cm³/mol. The quantitative estimate of drug-likeness (QED) is 0.924. The van der Waals surface area contributed by atoms with Crippen molar-refractivity contribution in [3.8, 4) is 11.5 Å². The van der Waals surface area contributed by atoms with Crippen LogP contribution >= 0.6 is 0 Å². The van der Waals surface area contributed by atoms with Crippen LogP contribution in [-0.4, -0.2) is 39.5 Å². The van der Waals surface area contributed by atoms with Gasteiger partial charge in [-0.3, -0.25) is 9.78 Å². The molecule has 25 heavy (non-hydrogen) atoms. The van der Waals surface area contributed by atoms with Crippen LogP contribution in [0.4, 0.5) is 0 Å². The monoisotopic (exact) mass is 340 g/mol. The molecule has 1 saturated heterocycles. The normalized spacial score (nSPS) is 20.1. The maximum atomic E-state index is 12.7. The number of amides is 1. The van der Waals surface area contributed by atoms with Crippen LogP contribution < -0.4 is 4.74 Å². The molecule has 1 N–H and O–H groups in total. The van der Waals surface area contributed by atoms with E-state index < -0.39 is 12.0 Å². The second-order valence-electron chi connectivity index (χ2n) is 6.30. The van der Waals surface area contributed by atoms with Gasteiger partial charge in [0.05, 0.1) is 6.20 Å². The Hall–Kier alpha value is -2.89. The zero-order valence-electron chi connectivity index (χ0n) is 14.0. The molecule has 1 aromatic carbocycles. The lowest BCUT2D eigenvalue weighted by molar-refractivity contribution is -0.144. The summed E-state index contributed by atoms with van der Waals surface area (Å²) in [4.78, 5) is 29.6. The summed E-state index contributed by atoms with van der Waals surface area (Å²) in [5, 5.41) is 9.41. The average molecular weight is 340 g/mol. The molecule has 0 radical (unpaired) electrons. The van der Waals surface area contributed by atoms with E-state index in [1.165, 1.54) is 4.90 Å². The van der Waals surface area contributed by atoms with Gasteiger partial charge in [0.25, 0.3) is 5.91 Å². The van der Waals surface area contributed by atoms with Gasteiger partial charge in [-0.05, 0) is 55.2 Å². The van der Waals surface area contributed by atoms with Crippen molar-refractivity contribution < 1.29 is 19.4 Å². The minimum atomic E-state index is -0.948. The number of pyridine rings is 1. The van der Waals surface area contributed by atoms with Crippen LogP contribution in [0, 0.1) is 5.92 Å². The Morgan fingerprint density at radius 3 is 2.60 bits per heavy atom. The summed E-state index contributed by atoms with van der Waals surface area (Å²) in [6.45, 7) is 2.48. The van der Waals surface area contributed by atoms with Crippen LogP contribution in [0.1, 0.15) is 30.1 Å². The molecule has 6 nitrogen and oxygen atoms in total. The van der Waals surface area contributed by atoms with Crippen molar-refractivity contribution in [1.82, 2.24) is 9.88 Å². The van der Waals surface area contributed by atoms with E-state index in [4.69, 9.17) is 4.74 Å². The number of hydrogen-bond donors (Lipinski definition) is 1. The maximum Gasteiger partial charge on any atom is 0.326 e. The fourth-order valence-corrected chi connectivity index (χ4v) is 2.99. The third-order valence-electron chi connectivity index (χ3n) is 4.38. The lowest BCUT2D eigenvalue weighted by Crippen LogP contribution is -2.49. The van der Waals surface area contributed by atoms with Crippen molar-refractivity contribution in [2.75, 3.05) is 6.54 Å². The molecular formula is C19H20N2O4.